The molecule has 1 aliphatic rings. The molecule has 2 aromatic carbocycles. The van der Waals surface area contributed by atoms with Gasteiger partial charge in [0, 0.05) is 6.54 Å². The molecule has 0 atom stereocenters. The molecule has 1 aliphatic carbocycles. The van der Waals surface area contributed by atoms with Crippen molar-refractivity contribution in [2.75, 3.05) is 0 Å². The zero-order chi connectivity index (χ0) is 12.9. The van der Waals surface area contributed by atoms with Crippen LogP contribution in [-0.2, 0) is 18.0 Å². The zero-order valence-corrected chi connectivity index (χ0v) is 11.0. The first-order valence-electron chi connectivity index (χ1n) is 6.89. The van der Waals surface area contributed by atoms with Crippen LogP contribution in [0.5, 0.6) is 0 Å². The van der Waals surface area contributed by atoms with E-state index in [4.69, 9.17) is 4.84 Å². The Morgan fingerprint density at radius 2 is 1.74 bits per heavy atom. The lowest BCUT2D eigenvalue weighted by Crippen LogP contribution is -2.13. The Morgan fingerprint density at radius 1 is 0.947 bits per heavy atom. The molecule has 0 radical (unpaired) electrons. The fraction of sp³-hybridized carbons (Fsp3) is 0.294. The van der Waals surface area contributed by atoms with Gasteiger partial charge in [-0.2, -0.15) is 5.48 Å². The molecule has 0 bridgehead atoms. The minimum Gasteiger partial charge on any atom is -0.297 e. The molecule has 0 saturated heterocycles. The molecule has 0 unspecified atom stereocenters. The molecule has 98 valence electrons. The molecule has 19 heavy (non-hydrogen) atoms. The topological polar surface area (TPSA) is 21.3 Å². The summed E-state index contributed by atoms with van der Waals surface area (Å²) < 4.78 is 0. The normalized spacial score (nSPS) is 14.5. The molecule has 1 N–H and O–H groups in total. The van der Waals surface area contributed by atoms with Crippen molar-refractivity contribution in [2.45, 2.75) is 31.9 Å². The summed E-state index contributed by atoms with van der Waals surface area (Å²) in [6.45, 7) is 1.36. The van der Waals surface area contributed by atoms with Crippen LogP contribution in [0.25, 0.3) is 0 Å². The van der Waals surface area contributed by atoms with Crippen LogP contribution in [0.2, 0.25) is 0 Å². The van der Waals surface area contributed by atoms with Crippen LogP contribution < -0.4 is 5.48 Å². The molecule has 2 aromatic rings. The fourth-order valence-electron chi connectivity index (χ4n) is 2.22. The number of nitrogens with one attached hydrogen (secondary N) is 1. The highest BCUT2D eigenvalue weighted by molar-refractivity contribution is 5.28. The Labute approximate surface area is 114 Å². The van der Waals surface area contributed by atoms with E-state index in [1.807, 2.05) is 18.2 Å². The maximum Gasteiger partial charge on any atom is 0.0933 e. The van der Waals surface area contributed by atoms with Crippen molar-refractivity contribution in [3.05, 3.63) is 71.3 Å². The summed E-state index contributed by atoms with van der Waals surface area (Å²) in [5.41, 5.74) is 6.98. The van der Waals surface area contributed by atoms with Crippen LogP contribution >= 0.6 is 0 Å². The van der Waals surface area contributed by atoms with Crippen molar-refractivity contribution >= 4 is 0 Å². The molecule has 0 amide bonds. The van der Waals surface area contributed by atoms with Crippen LogP contribution in [0, 0.1) is 0 Å². The van der Waals surface area contributed by atoms with E-state index >= 15 is 0 Å². The van der Waals surface area contributed by atoms with Gasteiger partial charge in [0.2, 0.25) is 0 Å². The molecule has 1 fully saturated rings. The van der Waals surface area contributed by atoms with Gasteiger partial charge in [0.05, 0.1) is 6.61 Å². The molecule has 2 nitrogen and oxygen atoms in total. The molecular weight excluding hydrogens is 234 g/mol. The summed E-state index contributed by atoms with van der Waals surface area (Å²) in [6, 6.07) is 19.0. The number of hydrogen-bond donors (Lipinski definition) is 1. The first-order chi connectivity index (χ1) is 9.42. The predicted octanol–water partition coefficient (Wildman–Crippen LogP) is 3.79. The van der Waals surface area contributed by atoms with Gasteiger partial charge in [-0.05, 0) is 35.4 Å². The second kappa shape index (κ2) is 6.00. The Balaban J connectivity index is 1.46. The van der Waals surface area contributed by atoms with Crippen molar-refractivity contribution in [1.29, 1.82) is 0 Å². The quantitative estimate of drug-likeness (QED) is 0.625. The van der Waals surface area contributed by atoms with E-state index in [0.717, 1.165) is 12.5 Å². The largest absolute Gasteiger partial charge is 0.297 e. The van der Waals surface area contributed by atoms with Crippen molar-refractivity contribution in [3.63, 3.8) is 0 Å². The lowest BCUT2D eigenvalue weighted by atomic mass is 10.1. The Bertz CT molecular complexity index is 520. The van der Waals surface area contributed by atoms with Gasteiger partial charge in [-0.15, -0.1) is 0 Å². The summed E-state index contributed by atoms with van der Waals surface area (Å²) >= 11 is 0. The third-order valence-corrected chi connectivity index (χ3v) is 3.46. The first-order valence-corrected chi connectivity index (χ1v) is 6.89. The van der Waals surface area contributed by atoms with Crippen molar-refractivity contribution in [1.82, 2.24) is 5.48 Å². The predicted molar refractivity (Wildman–Crippen MR) is 76.5 cm³/mol. The lowest BCUT2D eigenvalue weighted by Gasteiger charge is -2.07. The number of hydroxylamine groups is 1. The average Bonchev–Trinajstić information content (AvgIpc) is 3.30. The number of benzene rings is 2. The SMILES string of the molecule is c1ccc(CONCc2cccc(C3CC3)c2)cc1. The second-order valence-electron chi connectivity index (χ2n) is 5.11. The van der Waals surface area contributed by atoms with Gasteiger partial charge >= 0.3 is 0 Å². The molecule has 0 aromatic heterocycles. The maximum absolute atomic E-state index is 5.49. The molecule has 1 saturated carbocycles. The molecule has 0 aliphatic heterocycles. The molecular formula is C17H19NO. The van der Waals surface area contributed by atoms with Gasteiger partial charge in [-0.25, -0.2) is 0 Å². The van der Waals surface area contributed by atoms with Gasteiger partial charge in [-0.1, -0.05) is 54.6 Å². The third kappa shape index (κ3) is 3.66. The summed E-state index contributed by atoms with van der Waals surface area (Å²) in [5, 5.41) is 0. The van der Waals surface area contributed by atoms with Crippen molar-refractivity contribution in [2.24, 2.45) is 0 Å². The van der Waals surface area contributed by atoms with Gasteiger partial charge in [0.15, 0.2) is 0 Å². The average molecular weight is 253 g/mol. The highest BCUT2D eigenvalue weighted by atomic mass is 16.6. The highest BCUT2D eigenvalue weighted by Gasteiger charge is 2.23. The smallest absolute Gasteiger partial charge is 0.0933 e. The minimum atomic E-state index is 0.600. The van der Waals surface area contributed by atoms with Crippen molar-refractivity contribution < 1.29 is 4.84 Å². The summed E-state index contributed by atoms with van der Waals surface area (Å²) in [4.78, 5) is 5.49. The lowest BCUT2D eigenvalue weighted by molar-refractivity contribution is 0.0235. The Kier molecular flexibility index (Phi) is 3.92. The van der Waals surface area contributed by atoms with E-state index in [1.54, 1.807) is 0 Å². The summed E-state index contributed by atoms with van der Waals surface area (Å²) in [6.07, 6.45) is 2.70. The van der Waals surface area contributed by atoms with Crippen LogP contribution in [0.1, 0.15) is 35.4 Å². The molecule has 2 heteroatoms. The highest BCUT2D eigenvalue weighted by Crippen LogP contribution is 2.40. The number of rotatable bonds is 6. The summed E-state index contributed by atoms with van der Waals surface area (Å²) in [7, 11) is 0. The Morgan fingerprint density at radius 3 is 2.53 bits per heavy atom. The van der Waals surface area contributed by atoms with Gasteiger partial charge in [-0.3, -0.25) is 4.84 Å². The third-order valence-electron chi connectivity index (χ3n) is 3.46. The van der Waals surface area contributed by atoms with E-state index in [-0.39, 0.29) is 0 Å². The van der Waals surface area contributed by atoms with Gasteiger partial charge in [0.1, 0.15) is 0 Å². The van der Waals surface area contributed by atoms with E-state index < -0.39 is 0 Å². The van der Waals surface area contributed by atoms with Crippen LogP contribution in [0.4, 0.5) is 0 Å². The Hall–Kier alpha value is -1.64. The maximum atomic E-state index is 5.49. The monoisotopic (exact) mass is 253 g/mol. The van der Waals surface area contributed by atoms with E-state index in [9.17, 15) is 0 Å². The van der Waals surface area contributed by atoms with Crippen LogP contribution in [0.3, 0.4) is 0 Å². The van der Waals surface area contributed by atoms with E-state index in [1.165, 1.54) is 29.5 Å². The standard InChI is InChI=1S/C17H19NO/c1-2-5-14(6-3-1)13-19-18-12-15-7-4-8-17(11-15)16-9-10-16/h1-8,11,16,18H,9-10,12-13H2. The minimum absolute atomic E-state index is 0.600. The van der Waals surface area contributed by atoms with E-state index in [2.05, 4.69) is 41.9 Å². The van der Waals surface area contributed by atoms with Gasteiger partial charge in [0.25, 0.3) is 0 Å². The van der Waals surface area contributed by atoms with Crippen LogP contribution in [-0.4, -0.2) is 0 Å². The zero-order valence-electron chi connectivity index (χ0n) is 11.0. The van der Waals surface area contributed by atoms with Gasteiger partial charge < -0.3 is 0 Å². The summed E-state index contributed by atoms with van der Waals surface area (Å²) in [5.74, 6) is 0.810. The second-order valence-corrected chi connectivity index (χ2v) is 5.11. The van der Waals surface area contributed by atoms with Crippen LogP contribution in [0.15, 0.2) is 54.6 Å². The first kappa shape index (κ1) is 12.4. The molecule has 0 heterocycles. The fourth-order valence-corrected chi connectivity index (χ4v) is 2.22. The van der Waals surface area contributed by atoms with E-state index in [0.29, 0.717) is 6.61 Å². The molecule has 3 rings (SSSR count). The molecule has 0 spiro atoms. The number of hydrogen-bond acceptors (Lipinski definition) is 2. The van der Waals surface area contributed by atoms with Crippen molar-refractivity contribution in [3.8, 4) is 0 Å².